The fraction of sp³-hybridized carbons (Fsp3) is 0.107. The van der Waals surface area contributed by atoms with Crippen LogP contribution in [0.3, 0.4) is 0 Å². The minimum absolute atomic E-state index is 0.141. The Bertz CT molecular complexity index is 1530. The molecule has 1 heterocycles. The molecule has 1 amide bonds. The maximum Gasteiger partial charge on any atom is 0.316 e. The van der Waals surface area contributed by atoms with E-state index in [-0.39, 0.29) is 18.3 Å². The lowest BCUT2D eigenvalue weighted by atomic mass is 10.1. The number of ether oxygens (including phenoxy) is 1. The molecule has 0 saturated heterocycles. The Morgan fingerprint density at radius 1 is 0.943 bits per heavy atom. The lowest BCUT2D eigenvalue weighted by Crippen LogP contribution is -2.21. The predicted octanol–water partition coefficient (Wildman–Crippen LogP) is 6.70. The number of nitrogens with one attached hydrogen (secondary N) is 1. The molecule has 7 heteroatoms. The van der Waals surface area contributed by atoms with Gasteiger partial charge in [-0.2, -0.15) is 0 Å². The molecule has 0 fully saturated rings. The summed E-state index contributed by atoms with van der Waals surface area (Å²) in [6, 6.07) is 27.8. The molecule has 5 rings (SSSR count). The first-order valence-corrected chi connectivity index (χ1v) is 12.9. The van der Waals surface area contributed by atoms with Gasteiger partial charge in [0.1, 0.15) is 5.01 Å². The van der Waals surface area contributed by atoms with E-state index in [2.05, 4.69) is 29.4 Å². The molecule has 0 atom stereocenters. The van der Waals surface area contributed by atoms with Crippen LogP contribution in [0.25, 0.3) is 31.6 Å². The second kappa shape index (κ2) is 10.3. The van der Waals surface area contributed by atoms with Gasteiger partial charge in [0.2, 0.25) is 0 Å². The van der Waals surface area contributed by atoms with Gasteiger partial charge in [0, 0.05) is 16.1 Å². The molecule has 1 N–H and O–H groups in total. The van der Waals surface area contributed by atoms with Crippen molar-refractivity contribution in [2.24, 2.45) is 0 Å². The van der Waals surface area contributed by atoms with Crippen molar-refractivity contribution in [1.29, 1.82) is 0 Å². The van der Waals surface area contributed by atoms with Gasteiger partial charge >= 0.3 is 5.97 Å². The van der Waals surface area contributed by atoms with Gasteiger partial charge in [0.15, 0.2) is 6.61 Å². The summed E-state index contributed by atoms with van der Waals surface area (Å²) in [5.41, 5.74) is 3.81. The van der Waals surface area contributed by atoms with E-state index in [0.29, 0.717) is 5.69 Å². The summed E-state index contributed by atoms with van der Waals surface area (Å²) >= 11 is 3.03. The van der Waals surface area contributed by atoms with Gasteiger partial charge in [0.25, 0.3) is 5.91 Å². The Kier molecular flexibility index (Phi) is 6.79. The number of esters is 1. The second-order valence-corrected chi connectivity index (χ2v) is 10.2. The molecular weight excluding hydrogens is 476 g/mol. The van der Waals surface area contributed by atoms with E-state index < -0.39 is 5.97 Å². The highest BCUT2D eigenvalue weighted by Crippen LogP contribution is 2.31. The van der Waals surface area contributed by atoms with Crippen LogP contribution < -0.4 is 5.32 Å². The number of nitrogens with zero attached hydrogens (tertiary/aromatic N) is 1. The van der Waals surface area contributed by atoms with Gasteiger partial charge in [-0.3, -0.25) is 9.59 Å². The molecule has 0 radical (unpaired) electrons. The van der Waals surface area contributed by atoms with E-state index in [1.807, 2.05) is 72.8 Å². The topological polar surface area (TPSA) is 68.3 Å². The maximum atomic E-state index is 12.2. The van der Waals surface area contributed by atoms with Crippen LogP contribution in [-0.2, 0) is 14.3 Å². The third kappa shape index (κ3) is 5.70. The summed E-state index contributed by atoms with van der Waals surface area (Å²) in [6.07, 6.45) is 0. The predicted molar refractivity (Wildman–Crippen MR) is 144 cm³/mol. The monoisotopic (exact) mass is 498 g/mol. The zero-order chi connectivity index (χ0) is 24.2. The fourth-order valence-corrected chi connectivity index (χ4v) is 5.45. The molecule has 4 aromatic carbocycles. The van der Waals surface area contributed by atoms with Crippen LogP contribution in [0.15, 0.2) is 89.8 Å². The van der Waals surface area contributed by atoms with Gasteiger partial charge < -0.3 is 10.1 Å². The minimum Gasteiger partial charge on any atom is -0.455 e. The van der Waals surface area contributed by atoms with Crippen LogP contribution in [-0.4, -0.2) is 29.2 Å². The molecule has 0 spiro atoms. The first-order valence-electron chi connectivity index (χ1n) is 11.1. The highest BCUT2D eigenvalue weighted by molar-refractivity contribution is 8.00. The molecule has 5 nitrogen and oxygen atoms in total. The van der Waals surface area contributed by atoms with Crippen molar-refractivity contribution in [2.75, 3.05) is 17.7 Å². The SMILES string of the molecule is Cc1ccc2nc(-c3ccc(NC(=O)COC(=O)CSc4ccc5ccccc5c4)cc3)sc2c1. The number of thiazole rings is 1. The van der Waals surface area contributed by atoms with Crippen LogP contribution in [0.5, 0.6) is 0 Å². The Morgan fingerprint density at radius 2 is 1.74 bits per heavy atom. The lowest BCUT2D eigenvalue weighted by molar-refractivity contribution is -0.144. The highest BCUT2D eigenvalue weighted by atomic mass is 32.2. The average molecular weight is 499 g/mol. The first-order chi connectivity index (χ1) is 17.0. The van der Waals surface area contributed by atoms with E-state index in [0.717, 1.165) is 36.5 Å². The average Bonchev–Trinajstić information content (AvgIpc) is 3.30. The fourth-order valence-electron chi connectivity index (χ4n) is 3.64. The van der Waals surface area contributed by atoms with Crippen molar-refractivity contribution >= 4 is 61.7 Å². The molecule has 1 aromatic heterocycles. The molecular formula is C28H22N2O3S2. The van der Waals surface area contributed by atoms with Crippen molar-refractivity contribution in [3.05, 3.63) is 90.5 Å². The molecule has 0 aliphatic carbocycles. The molecule has 35 heavy (non-hydrogen) atoms. The highest BCUT2D eigenvalue weighted by Gasteiger charge is 2.10. The van der Waals surface area contributed by atoms with Crippen LogP contribution in [0.1, 0.15) is 5.56 Å². The molecule has 0 aliphatic heterocycles. The van der Waals surface area contributed by atoms with Gasteiger partial charge in [-0.25, -0.2) is 4.98 Å². The minimum atomic E-state index is -0.431. The van der Waals surface area contributed by atoms with E-state index in [4.69, 9.17) is 4.74 Å². The second-order valence-electron chi connectivity index (χ2n) is 8.07. The summed E-state index contributed by atoms with van der Waals surface area (Å²) in [5, 5.41) is 5.97. The number of hydrogen-bond donors (Lipinski definition) is 1. The van der Waals surface area contributed by atoms with Gasteiger partial charge in [0.05, 0.1) is 16.0 Å². The molecule has 0 aliphatic rings. The molecule has 0 bridgehead atoms. The number of carbonyl (C=O) groups excluding carboxylic acids is 2. The number of carbonyl (C=O) groups is 2. The zero-order valence-corrected chi connectivity index (χ0v) is 20.6. The van der Waals surface area contributed by atoms with Crippen molar-refractivity contribution in [3.8, 4) is 10.6 Å². The standard InChI is InChI=1S/C28H22N2O3S2/c1-18-6-13-24-25(14-18)35-28(30-24)20-7-10-22(11-8-20)29-26(31)16-33-27(32)17-34-23-12-9-19-4-2-3-5-21(19)15-23/h2-15H,16-17H2,1H3,(H,29,31). The Hall–Kier alpha value is -3.68. The number of thioether (sulfide) groups is 1. The Morgan fingerprint density at radius 3 is 2.57 bits per heavy atom. The third-order valence-corrected chi connectivity index (χ3v) is 7.44. The number of benzene rings is 4. The number of rotatable bonds is 7. The van der Waals surface area contributed by atoms with Gasteiger partial charge in [-0.15, -0.1) is 23.1 Å². The zero-order valence-electron chi connectivity index (χ0n) is 19.0. The quantitative estimate of drug-likeness (QED) is 0.200. The summed E-state index contributed by atoms with van der Waals surface area (Å²) in [7, 11) is 0. The summed E-state index contributed by atoms with van der Waals surface area (Å²) < 4.78 is 6.29. The smallest absolute Gasteiger partial charge is 0.316 e. The maximum absolute atomic E-state index is 12.2. The van der Waals surface area contributed by atoms with Crippen LogP contribution in [0.2, 0.25) is 0 Å². The van der Waals surface area contributed by atoms with E-state index in [1.165, 1.54) is 17.3 Å². The van der Waals surface area contributed by atoms with E-state index in [1.54, 1.807) is 11.3 Å². The van der Waals surface area contributed by atoms with Crippen LogP contribution >= 0.6 is 23.1 Å². The number of aryl methyl sites for hydroxylation is 1. The molecule has 174 valence electrons. The van der Waals surface area contributed by atoms with E-state index in [9.17, 15) is 9.59 Å². The van der Waals surface area contributed by atoms with Crippen molar-refractivity contribution in [3.63, 3.8) is 0 Å². The summed E-state index contributed by atoms with van der Waals surface area (Å²) in [6.45, 7) is 1.74. The van der Waals surface area contributed by atoms with Crippen molar-refractivity contribution in [2.45, 2.75) is 11.8 Å². The first kappa shape index (κ1) is 23.1. The number of anilines is 1. The third-order valence-electron chi connectivity index (χ3n) is 5.40. The van der Waals surface area contributed by atoms with Gasteiger partial charge in [-0.1, -0.05) is 36.4 Å². The molecule has 5 aromatic rings. The number of amides is 1. The normalized spacial score (nSPS) is 11.0. The van der Waals surface area contributed by atoms with Crippen LogP contribution in [0, 0.1) is 6.92 Å². The largest absolute Gasteiger partial charge is 0.455 e. The van der Waals surface area contributed by atoms with Gasteiger partial charge in [-0.05, 0) is 71.8 Å². The molecule has 0 unspecified atom stereocenters. The Labute approximate surface area is 211 Å². The number of fused-ring (bicyclic) bond motifs is 2. The van der Waals surface area contributed by atoms with Crippen molar-refractivity contribution in [1.82, 2.24) is 4.98 Å². The summed E-state index contributed by atoms with van der Waals surface area (Å²) in [4.78, 5) is 30.0. The summed E-state index contributed by atoms with van der Waals surface area (Å²) in [5.74, 6) is -0.667. The van der Waals surface area contributed by atoms with Crippen LogP contribution in [0.4, 0.5) is 5.69 Å². The lowest BCUT2D eigenvalue weighted by Gasteiger charge is -2.07. The van der Waals surface area contributed by atoms with Crippen molar-refractivity contribution < 1.29 is 14.3 Å². The molecule has 0 saturated carbocycles. The Balaban J connectivity index is 1.11. The number of hydrogen-bond acceptors (Lipinski definition) is 6. The van der Waals surface area contributed by atoms with E-state index >= 15 is 0 Å². The number of aromatic nitrogens is 1.